The zero-order valence-corrected chi connectivity index (χ0v) is 11.4. The number of nitrogens with zero attached hydrogens (tertiary/aromatic N) is 2. The van der Waals surface area contributed by atoms with Crippen LogP contribution in [0, 0.1) is 5.82 Å². The van der Waals surface area contributed by atoms with Crippen LogP contribution in [0.3, 0.4) is 0 Å². The van der Waals surface area contributed by atoms with Crippen molar-refractivity contribution >= 4 is 11.4 Å². The van der Waals surface area contributed by atoms with Gasteiger partial charge in [0, 0.05) is 38.6 Å². The van der Waals surface area contributed by atoms with Crippen LogP contribution in [0.25, 0.3) is 0 Å². The van der Waals surface area contributed by atoms with Crippen molar-refractivity contribution < 1.29 is 4.39 Å². The first-order chi connectivity index (χ1) is 9.16. The normalized spacial score (nSPS) is 10.3. The lowest BCUT2D eigenvalue weighted by atomic mass is 10.2. The van der Waals surface area contributed by atoms with Crippen molar-refractivity contribution in [2.24, 2.45) is 0 Å². The Morgan fingerprint density at radius 3 is 2.00 bits per heavy atom. The number of anilines is 2. The van der Waals surface area contributed by atoms with Gasteiger partial charge >= 0.3 is 0 Å². The summed E-state index contributed by atoms with van der Waals surface area (Å²) in [5.41, 5.74) is 2.09. The highest BCUT2D eigenvalue weighted by atomic mass is 19.1. The molecule has 0 radical (unpaired) electrons. The van der Waals surface area contributed by atoms with Gasteiger partial charge in [-0.15, -0.1) is 0 Å². The average Bonchev–Trinajstić information content (AvgIpc) is 2.45. The molecule has 0 spiro atoms. The topological polar surface area (TPSA) is 6.48 Å². The maximum absolute atomic E-state index is 13.2. The molecule has 0 amide bonds. The molecule has 2 aromatic carbocycles. The van der Waals surface area contributed by atoms with E-state index in [1.54, 1.807) is 12.1 Å². The molecule has 0 aliphatic heterocycles. The third-order valence-corrected chi connectivity index (χ3v) is 3.22. The van der Waals surface area contributed by atoms with Gasteiger partial charge in [-0.2, -0.15) is 0 Å². The van der Waals surface area contributed by atoms with Crippen LogP contribution in [0.1, 0.15) is 0 Å². The summed E-state index contributed by atoms with van der Waals surface area (Å²) in [7, 11) is 4.04. The molecule has 0 aliphatic rings. The van der Waals surface area contributed by atoms with Crippen molar-refractivity contribution in [3.63, 3.8) is 0 Å². The van der Waals surface area contributed by atoms with Gasteiger partial charge in [0.1, 0.15) is 5.82 Å². The Hall–Kier alpha value is -2.03. The van der Waals surface area contributed by atoms with Crippen molar-refractivity contribution in [1.29, 1.82) is 0 Å². The van der Waals surface area contributed by atoms with Crippen LogP contribution in [0.5, 0.6) is 0 Å². The van der Waals surface area contributed by atoms with E-state index >= 15 is 0 Å². The monoisotopic (exact) mass is 258 g/mol. The van der Waals surface area contributed by atoms with Crippen LogP contribution in [-0.2, 0) is 0 Å². The minimum absolute atomic E-state index is 0.194. The summed E-state index contributed by atoms with van der Waals surface area (Å²) in [5, 5.41) is 0. The van der Waals surface area contributed by atoms with Gasteiger partial charge in [0.15, 0.2) is 0 Å². The van der Waals surface area contributed by atoms with Crippen molar-refractivity contribution in [2.75, 3.05) is 37.0 Å². The second-order valence-electron chi connectivity index (χ2n) is 4.66. The smallest absolute Gasteiger partial charge is 0.125 e. The van der Waals surface area contributed by atoms with Gasteiger partial charge in [0.2, 0.25) is 0 Å². The molecule has 0 atom stereocenters. The van der Waals surface area contributed by atoms with Gasteiger partial charge in [0.05, 0.1) is 0 Å². The summed E-state index contributed by atoms with van der Waals surface area (Å²) in [6, 6.07) is 16.9. The van der Waals surface area contributed by atoms with Gasteiger partial charge in [-0.1, -0.05) is 24.3 Å². The second-order valence-corrected chi connectivity index (χ2v) is 4.66. The third kappa shape index (κ3) is 3.71. The summed E-state index contributed by atoms with van der Waals surface area (Å²) >= 11 is 0. The van der Waals surface area contributed by atoms with E-state index in [9.17, 15) is 4.39 Å². The maximum atomic E-state index is 13.2. The van der Waals surface area contributed by atoms with Gasteiger partial charge in [-0.05, 0) is 30.3 Å². The number of likely N-dealkylation sites (N-methyl/N-ethyl adjacent to an activating group) is 2. The fourth-order valence-corrected chi connectivity index (χ4v) is 1.95. The fraction of sp³-hybridized carbons (Fsp3) is 0.250. The van der Waals surface area contributed by atoms with Crippen molar-refractivity contribution in [2.45, 2.75) is 0 Å². The number of benzene rings is 2. The molecule has 100 valence electrons. The Labute approximate surface area is 114 Å². The van der Waals surface area contributed by atoms with E-state index in [1.165, 1.54) is 11.8 Å². The molecule has 2 aromatic rings. The molecule has 0 aromatic heterocycles. The lowest BCUT2D eigenvalue weighted by Gasteiger charge is -2.25. The largest absolute Gasteiger partial charge is 0.373 e. The van der Waals surface area contributed by atoms with E-state index in [0.717, 1.165) is 18.8 Å². The minimum atomic E-state index is -0.194. The lowest BCUT2D eigenvalue weighted by molar-refractivity contribution is 0.627. The zero-order chi connectivity index (χ0) is 13.7. The molecule has 19 heavy (non-hydrogen) atoms. The van der Waals surface area contributed by atoms with Crippen molar-refractivity contribution in [3.8, 4) is 0 Å². The molecule has 0 saturated heterocycles. The molecule has 0 aliphatic carbocycles. The van der Waals surface area contributed by atoms with E-state index in [1.807, 2.05) is 31.3 Å². The number of rotatable bonds is 5. The Balaban J connectivity index is 1.92. The first kappa shape index (κ1) is 13.4. The van der Waals surface area contributed by atoms with Crippen LogP contribution in [0.2, 0.25) is 0 Å². The summed E-state index contributed by atoms with van der Waals surface area (Å²) < 4.78 is 13.2. The first-order valence-electron chi connectivity index (χ1n) is 6.40. The van der Waals surface area contributed by atoms with Gasteiger partial charge < -0.3 is 9.80 Å². The molecule has 0 heterocycles. The number of halogens is 1. The highest BCUT2D eigenvalue weighted by molar-refractivity contribution is 5.48. The van der Waals surface area contributed by atoms with E-state index < -0.39 is 0 Å². The molecular formula is C16H19FN2. The molecule has 2 rings (SSSR count). The summed E-state index contributed by atoms with van der Waals surface area (Å²) in [6.07, 6.45) is 0. The predicted molar refractivity (Wildman–Crippen MR) is 79.4 cm³/mol. The first-order valence-corrected chi connectivity index (χ1v) is 6.40. The highest BCUT2D eigenvalue weighted by Crippen LogP contribution is 2.15. The molecule has 0 saturated carbocycles. The van der Waals surface area contributed by atoms with Crippen LogP contribution in [0.4, 0.5) is 15.8 Å². The van der Waals surface area contributed by atoms with Gasteiger partial charge in [-0.25, -0.2) is 4.39 Å². The van der Waals surface area contributed by atoms with Crippen molar-refractivity contribution in [1.82, 2.24) is 0 Å². The fourth-order valence-electron chi connectivity index (χ4n) is 1.95. The molecule has 0 fully saturated rings. The van der Waals surface area contributed by atoms with Gasteiger partial charge in [-0.3, -0.25) is 0 Å². The predicted octanol–water partition coefficient (Wildman–Crippen LogP) is 3.40. The quantitative estimate of drug-likeness (QED) is 0.811. The Bertz CT molecular complexity index is 513. The number of hydrogen-bond acceptors (Lipinski definition) is 2. The van der Waals surface area contributed by atoms with Gasteiger partial charge in [0.25, 0.3) is 0 Å². The molecule has 3 heteroatoms. The third-order valence-electron chi connectivity index (χ3n) is 3.22. The summed E-state index contributed by atoms with van der Waals surface area (Å²) in [5.74, 6) is -0.194. The van der Waals surface area contributed by atoms with E-state index in [4.69, 9.17) is 0 Å². The average molecular weight is 258 g/mol. The minimum Gasteiger partial charge on any atom is -0.373 e. The van der Waals surface area contributed by atoms with Crippen LogP contribution < -0.4 is 9.80 Å². The summed E-state index contributed by atoms with van der Waals surface area (Å²) in [6.45, 7) is 1.73. The van der Waals surface area contributed by atoms with E-state index in [-0.39, 0.29) is 5.82 Å². The molecule has 0 bridgehead atoms. The summed E-state index contributed by atoms with van der Waals surface area (Å²) in [4.78, 5) is 4.25. The maximum Gasteiger partial charge on any atom is 0.125 e. The molecule has 0 N–H and O–H groups in total. The Morgan fingerprint density at radius 1 is 0.789 bits per heavy atom. The lowest BCUT2D eigenvalue weighted by Crippen LogP contribution is -2.30. The molecule has 2 nitrogen and oxygen atoms in total. The standard InChI is InChI=1S/C16H19FN2/c1-18(15-8-4-3-5-9-15)11-12-19(2)16-10-6-7-14(17)13-16/h3-10,13H,11-12H2,1-2H3. The van der Waals surface area contributed by atoms with Crippen LogP contribution in [0.15, 0.2) is 54.6 Å². The van der Waals surface area contributed by atoms with Crippen molar-refractivity contribution in [3.05, 3.63) is 60.4 Å². The molecule has 0 unspecified atom stereocenters. The highest BCUT2D eigenvalue weighted by Gasteiger charge is 2.04. The van der Waals surface area contributed by atoms with Crippen LogP contribution >= 0.6 is 0 Å². The molecular weight excluding hydrogens is 239 g/mol. The second kappa shape index (κ2) is 6.23. The van der Waals surface area contributed by atoms with Crippen LogP contribution in [-0.4, -0.2) is 27.2 Å². The van der Waals surface area contributed by atoms with E-state index in [0.29, 0.717) is 0 Å². The number of hydrogen-bond donors (Lipinski definition) is 0. The Kier molecular flexibility index (Phi) is 4.39. The van der Waals surface area contributed by atoms with E-state index in [2.05, 4.69) is 29.0 Å². The zero-order valence-electron chi connectivity index (χ0n) is 11.4. The Morgan fingerprint density at radius 2 is 1.37 bits per heavy atom. The SMILES string of the molecule is CN(CCN(C)c1cccc(F)c1)c1ccccc1. The number of para-hydroxylation sites is 1.